The van der Waals surface area contributed by atoms with Crippen LogP contribution < -0.4 is 5.32 Å². The maximum absolute atomic E-state index is 5.85. The summed E-state index contributed by atoms with van der Waals surface area (Å²) in [5, 5.41) is 3.32. The zero-order valence-corrected chi connectivity index (χ0v) is 14.5. The highest BCUT2D eigenvalue weighted by atomic mass is 16.3. The summed E-state index contributed by atoms with van der Waals surface area (Å²) in [6, 6.07) is 2.95. The molecule has 1 aliphatic carbocycles. The van der Waals surface area contributed by atoms with Gasteiger partial charge in [0.25, 0.3) is 0 Å². The van der Waals surface area contributed by atoms with E-state index in [2.05, 4.69) is 51.0 Å². The molecule has 1 aliphatic rings. The lowest BCUT2D eigenvalue weighted by molar-refractivity contribution is 0.122. The van der Waals surface area contributed by atoms with Crippen LogP contribution in [0.3, 0.4) is 0 Å². The Balaban J connectivity index is 1.90. The summed E-state index contributed by atoms with van der Waals surface area (Å²) in [5.41, 5.74) is 1.89. The van der Waals surface area contributed by atoms with Crippen LogP contribution in [0.5, 0.6) is 0 Å². The Morgan fingerprint density at radius 2 is 2.00 bits per heavy atom. The van der Waals surface area contributed by atoms with E-state index >= 15 is 0 Å². The van der Waals surface area contributed by atoms with Crippen LogP contribution in [0, 0.1) is 12.3 Å². The van der Waals surface area contributed by atoms with Gasteiger partial charge in [-0.2, -0.15) is 0 Å². The first-order valence-electron chi connectivity index (χ1n) is 8.40. The van der Waals surface area contributed by atoms with Crippen LogP contribution in [0.1, 0.15) is 63.5 Å². The van der Waals surface area contributed by atoms with E-state index in [4.69, 9.17) is 4.42 Å². The standard InChI is InChI=1S/C18H32N2O/c1-6-19-12-17-11-15(14(2)21-17)13-20(5)16-7-9-18(3,4)10-8-16/h11,16,19H,6-10,12-13H2,1-5H3. The van der Waals surface area contributed by atoms with Crippen LogP contribution in [0.4, 0.5) is 0 Å². The zero-order chi connectivity index (χ0) is 15.5. The summed E-state index contributed by atoms with van der Waals surface area (Å²) >= 11 is 0. The van der Waals surface area contributed by atoms with Gasteiger partial charge in [0, 0.05) is 18.2 Å². The largest absolute Gasteiger partial charge is 0.465 e. The topological polar surface area (TPSA) is 28.4 Å². The van der Waals surface area contributed by atoms with Gasteiger partial charge in [0.1, 0.15) is 11.5 Å². The summed E-state index contributed by atoms with van der Waals surface area (Å²) in [5.74, 6) is 2.13. The van der Waals surface area contributed by atoms with Gasteiger partial charge in [0.15, 0.2) is 0 Å². The smallest absolute Gasteiger partial charge is 0.118 e. The van der Waals surface area contributed by atoms with Gasteiger partial charge < -0.3 is 9.73 Å². The van der Waals surface area contributed by atoms with Crippen molar-refractivity contribution in [2.75, 3.05) is 13.6 Å². The van der Waals surface area contributed by atoms with Crippen LogP contribution in [0.2, 0.25) is 0 Å². The third kappa shape index (κ3) is 4.58. The van der Waals surface area contributed by atoms with E-state index in [1.807, 2.05) is 0 Å². The molecule has 0 amide bonds. The van der Waals surface area contributed by atoms with Crippen molar-refractivity contribution in [1.29, 1.82) is 0 Å². The molecule has 1 saturated carbocycles. The third-order valence-corrected chi connectivity index (χ3v) is 4.97. The van der Waals surface area contributed by atoms with Crippen molar-refractivity contribution in [2.45, 2.75) is 72.5 Å². The molecule has 1 heterocycles. The zero-order valence-electron chi connectivity index (χ0n) is 14.5. The van der Waals surface area contributed by atoms with Crippen molar-refractivity contribution in [2.24, 2.45) is 5.41 Å². The minimum absolute atomic E-state index is 0.544. The molecule has 0 aliphatic heterocycles. The summed E-state index contributed by atoms with van der Waals surface area (Å²) in [6.45, 7) is 11.8. The van der Waals surface area contributed by atoms with Crippen LogP contribution in [-0.4, -0.2) is 24.5 Å². The second kappa shape index (κ2) is 6.97. The summed E-state index contributed by atoms with van der Waals surface area (Å²) in [7, 11) is 2.26. The lowest BCUT2D eigenvalue weighted by Crippen LogP contribution is -2.36. The first-order valence-corrected chi connectivity index (χ1v) is 8.40. The van der Waals surface area contributed by atoms with Crippen LogP contribution in [-0.2, 0) is 13.1 Å². The number of furan rings is 1. The maximum Gasteiger partial charge on any atom is 0.118 e. The van der Waals surface area contributed by atoms with E-state index in [9.17, 15) is 0 Å². The van der Waals surface area contributed by atoms with E-state index in [0.717, 1.165) is 37.2 Å². The molecule has 1 fully saturated rings. The molecule has 0 unspecified atom stereocenters. The molecule has 2 rings (SSSR count). The number of rotatable bonds is 6. The molecule has 1 aromatic heterocycles. The van der Waals surface area contributed by atoms with E-state index in [0.29, 0.717) is 5.41 Å². The van der Waals surface area contributed by atoms with Crippen molar-refractivity contribution >= 4 is 0 Å². The molecule has 3 heteroatoms. The normalized spacial score (nSPS) is 19.3. The van der Waals surface area contributed by atoms with Gasteiger partial charge in [-0.15, -0.1) is 0 Å². The third-order valence-electron chi connectivity index (χ3n) is 4.97. The molecular weight excluding hydrogens is 260 g/mol. The summed E-state index contributed by atoms with van der Waals surface area (Å²) in [6.07, 6.45) is 5.34. The Bertz CT molecular complexity index is 440. The van der Waals surface area contributed by atoms with Crippen LogP contribution >= 0.6 is 0 Å². The molecule has 0 saturated heterocycles. The monoisotopic (exact) mass is 292 g/mol. The fourth-order valence-corrected chi connectivity index (χ4v) is 3.30. The fourth-order valence-electron chi connectivity index (χ4n) is 3.30. The average Bonchev–Trinajstić information content (AvgIpc) is 2.76. The molecule has 120 valence electrons. The Morgan fingerprint density at radius 1 is 1.33 bits per heavy atom. The van der Waals surface area contributed by atoms with Gasteiger partial charge in [0.2, 0.25) is 0 Å². The number of aryl methyl sites for hydroxylation is 1. The van der Waals surface area contributed by atoms with Gasteiger partial charge >= 0.3 is 0 Å². The molecule has 0 bridgehead atoms. The Morgan fingerprint density at radius 3 is 2.62 bits per heavy atom. The lowest BCUT2D eigenvalue weighted by Gasteiger charge is -2.38. The molecule has 0 radical (unpaired) electrons. The minimum Gasteiger partial charge on any atom is -0.465 e. The highest BCUT2D eigenvalue weighted by Crippen LogP contribution is 2.37. The molecule has 0 atom stereocenters. The van der Waals surface area contributed by atoms with Gasteiger partial charge in [-0.3, -0.25) is 4.90 Å². The highest BCUT2D eigenvalue weighted by Gasteiger charge is 2.29. The Hall–Kier alpha value is -0.800. The Kier molecular flexibility index (Phi) is 5.50. The van der Waals surface area contributed by atoms with E-state index in [1.54, 1.807) is 0 Å². The van der Waals surface area contributed by atoms with Gasteiger partial charge in [0.05, 0.1) is 6.54 Å². The van der Waals surface area contributed by atoms with E-state index in [-0.39, 0.29) is 0 Å². The quantitative estimate of drug-likeness (QED) is 0.855. The fraction of sp³-hybridized carbons (Fsp3) is 0.778. The molecule has 21 heavy (non-hydrogen) atoms. The predicted molar refractivity (Wildman–Crippen MR) is 88.3 cm³/mol. The number of nitrogens with zero attached hydrogens (tertiary/aromatic N) is 1. The molecule has 1 N–H and O–H groups in total. The number of hydrogen-bond donors (Lipinski definition) is 1. The molecule has 1 aromatic rings. The number of hydrogen-bond acceptors (Lipinski definition) is 3. The Labute approximate surface area is 130 Å². The van der Waals surface area contributed by atoms with Crippen molar-refractivity contribution in [3.63, 3.8) is 0 Å². The van der Waals surface area contributed by atoms with E-state index < -0.39 is 0 Å². The second-order valence-electron chi connectivity index (χ2n) is 7.38. The first-order chi connectivity index (χ1) is 9.91. The SMILES string of the molecule is CCNCc1cc(CN(C)C2CCC(C)(C)CC2)c(C)o1. The molecule has 0 aromatic carbocycles. The second-order valence-corrected chi connectivity index (χ2v) is 7.38. The average molecular weight is 292 g/mol. The highest BCUT2D eigenvalue weighted by molar-refractivity contribution is 5.20. The number of nitrogens with one attached hydrogen (secondary N) is 1. The first kappa shape index (κ1) is 16.6. The van der Waals surface area contributed by atoms with Crippen LogP contribution in [0.15, 0.2) is 10.5 Å². The van der Waals surface area contributed by atoms with Crippen molar-refractivity contribution < 1.29 is 4.42 Å². The summed E-state index contributed by atoms with van der Waals surface area (Å²) < 4.78 is 5.85. The van der Waals surface area contributed by atoms with Crippen molar-refractivity contribution in [1.82, 2.24) is 10.2 Å². The molecule has 0 spiro atoms. The molecular formula is C18H32N2O. The minimum atomic E-state index is 0.544. The van der Waals surface area contributed by atoms with Crippen LogP contribution in [0.25, 0.3) is 0 Å². The van der Waals surface area contributed by atoms with E-state index in [1.165, 1.54) is 31.2 Å². The van der Waals surface area contributed by atoms with Gasteiger partial charge in [-0.05, 0) is 57.7 Å². The molecule has 3 nitrogen and oxygen atoms in total. The summed E-state index contributed by atoms with van der Waals surface area (Å²) in [4.78, 5) is 2.52. The lowest BCUT2D eigenvalue weighted by atomic mass is 9.75. The predicted octanol–water partition coefficient (Wildman–Crippen LogP) is 4.10. The van der Waals surface area contributed by atoms with Gasteiger partial charge in [-0.1, -0.05) is 20.8 Å². The van der Waals surface area contributed by atoms with Crippen molar-refractivity contribution in [3.8, 4) is 0 Å². The maximum atomic E-state index is 5.85. The van der Waals surface area contributed by atoms with Gasteiger partial charge in [-0.25, -0.2) is 0 Å². The van der Waals surface area contributed by atoms with Crippen molar-refractivity contribution in [3.05, 3.63) is 23.2 Å².